The van der Waals surface area contributed by atoms with Gasteiger partial charge in [-0.25, -0.2) is 5.43 Å². The second-order valence-corrected chi connectivity index (χ2v) is 6.71. The van der Waals surface area contributed by atoms with Gasteiger partial charge in [0.1, 0.15) is 23.6 Å². The molecule has 0 bridgehead atoms. The number of ether oxygens (including phenoxy) is 2. The Hall–Kier alpha value is -4.19. The summed E-state index contributed by atoms with van der Waals surface area (Å²) >= 11 is 0. The van der Waals surface area contributed by atoms with Crippen molar-refractivity contribution in [2.24, 2.45) is 5.10 Å². The van der Waals surface area contributed by atoms with Crippen LogP contribution in [0.25, 0.3) is 21.7 Å². The summed E-state index contributed by atoms with van der Waals surface area (Å²) in [5, 5.41) is 7.08. The zero-order chi connectivity index (χ0) is 21.5. The Morgan fingerprint density at radius 3 is 2.71 bits per heavy atom. The second-order valence-electron chi connectivity index (χ2n) is 6.71. The van der Waals surface area contributed by atoms with Crippen LogP contribution in [0.15, 0.2) is 90.7 Å². The molecule has 0 saturated heterocycles. The number of amides is 1. The van der Waals surface area contributed by atoms with Gasteiger partial charge in [0.2, 0.25) is 0 Å². The van der Waals surface area contributed by atoms with Crippen molar-refractivity contribution in [3.05, 3.63) is 91.1 Å². The van der Waals surface area contributed by atoms with Crippen LogP contribution in [0.5, 0.6) is 11.5 Å². The molecule has 0 aliphatic carbocycles. The highest BCUT2D eigenvalue weighted by Gasteiger charge is 2.08. The number of rotatable bonds is 8. The summed E-state index contributed by atoms with van der Waals surface area (Å²) in [7, 11) is 0. The fourth-order valence-corrected chi connectivity index (χ4v) is 3.22. The zero-order valence-electron chi connectivity index (χ0n) is 16.8. The lowest BCUT2D eigenvalue weighted by molar-refractivity contribution is -0.123. The summed E-state index contributed by atoms with van der Waals surface area (Å²) in [6.45, 7) is 3.88. The topological polar surface area (TPSA) is 72.8 Å². The molecule has 1 heterocycles. The van der Waals surface area contributed by atoms with E-state index in [1.165, 1.54) is 0 Å². The third-order valence-electron chi connectivity index (χ3n) is 4.62. The third-order valence-corrected chi connectivity index (χ3v) is 4.62. The Labute approximate surface area is 179 Å². The van der Waals surface area contributed by atoms with Gasteiger partial charge in [0.15, 0.2) is 6.61 Å². The molecule has 0 spiro atoms. The number of hydrogen-bond acceptors (Lipinski definition) is 5. The first-order valence-corrected chi connectivity index (χ1v) is 9.80. The van der Waals surface area contributed by atoms with E-state index in [2.05, 4.69) is 22.1 Å². The number of nitrogens with zero attached hydrogens (tertiary/aromatic N) is 2. The molecule has 0 aliphatic heterocycles. The molecule has 1 N–H and O–H groups in total. The molecule has 6 heteroatoms. The molecule has 0 atom stereocenters. The first-order chi connectivity index (χ1) is 15.3. The van der Waals surface area contributed by atoms with Crippen LogP contribution < -0.4 is 14.9 Å². The predicted octanol–water partition coefficient (Wildman–Crippen LogP) is 4.48. The van der Waals surface area contributed by atoms with Crippen molar-refractivity contribution in [1.29, 1.82) is 0 Å². The second kappa shape index (κ2) is 9.54. The molecule has 0 radical (unpaired) electrons. The molecule has 154 valence electrons. The van der Waals surface area contributed by atoms with Gasteiger partial charge < -0.3 is 9.47 Å². The van der Waals surface area contributed by atoms with Gasteiger partial charge >= 0.3 is 0 Å². The van der Waals surface area contributed by atoms with Crippen LogP contribution in [0.4, 0.5) is 0 Å². The van der Waals surface area contributed by atoms with Crippen molar-refractivity contribution in [3.63, 3.8) is 0 Å². The summed E-state index contributed by atoms with van der Waals surface area (Å²) in [4.78, 5) is 16.6. The standard InChI is InChI=1S/C25H21N3O3/c1-2-15-30-22-13-12-18-7-3-4-10-20(18)21(22)16-27-28-24(29)17-31-23-11-5-8-19-9-6-14-26-25(19)23/h2-14,16H,1,15,17H2,(H,28,29)/b27-16+. The number of carbonyl (C=O) groups excluding carboxylic acids is 1. The van der Waals surface area contributed by atoms with Gasteiger partial charge in [-0.1, -0.05) is 61.2 Å². The highest BCUT2D eigenvalue weighted by atomic mass is 16.5. The molecule has 0 saturated carbocycles. The quantitative estimate of drug-likeness (QED) is 0.264. The maximum Gasteiger partial charge on any atom is 0.277 e. The van der Waals surface area contributed by atoms with Crippen LogP contribution in [-0.2, 0) is 4.79 Å². The van der Waals surface area contributed by atoms with Crippen molar-refractivity contribution >= 4 is 33.8 Å². The first kappa shape index (κ1) is 20.1. The van der Waals surface area contributed by atoms with E-state index in [0.29, 0.717) is 23.6 Å². The summed E-state index contributed by atoms with van der Waals surface area (Å²) in [6.07, 6.45) is 4.95. The highest BCUT2D eigenvalue weighted by molar-refractivity contribution is 6.02. The molecule has 1 aromatic heterocycles. The number of nitrogens with one attached hydrogen (secondary N) is 1. The van der Waals surface area contributed by atoms with Crippen LogP contribution in [0.1, 0.15) is 5.56 Å². The largest absolute Gasteiger partial charge is 0.489 e. The lowest BCUT2D eigenvalue weighted by Crippen LogP contribution is -2.24. The van der Waals surface area contributed by atoms with Crippen molar-refractivity contribution in [2.75, 3.05) is 13.2 Å². The molecule has 4 rings (SSSR count). The van der Waals surface area contributed by atoms with Crippen LogP contribution in [0.3, 0.4) is 0 Å². The molecule has 0 fully saturated rings. The monoisotopic (exact) mass is 411 g/mol. The molecule has 4 aromatic rings. The number of aromatic nitrogens is 1. The lowest BCUT2D eigenvalue weighted by Gasteiger charge is -2.10. The maximum atomic E-state index is 12.2. The molecule has 0 unspecified atom stereocenters. The van der Waals surface area contributed by atoms with Crippen molar-refractivity contribution in [1.82, 2.24) is 10.4 Å². The van der Waals surface area contributed by atoms with Crippen LogP contribution in [0.2, 0.25) is 0 Å². The molecular formula is C25H21N3O3. The summed E-state index contributed by atoms with van der Waals surface area (Å²) in [5.41, 5.74) is 3.99. The lowest BCUT2D eigenvalue weighted by atomic mass is 10.0. The van der Waals surface area contributed by atoms with Gasteiger partial charge in [-0.05, 0) is 29.0 Å². The van der Waals surface area contributed by atoms with E-state index in [9.17, 15) is 4.79 Å². The van der Waals surface area contributed by atoms with Gasteiger partial charge in [0, 0.05) is 17.1 Å². The van der Waals surface area contributed by atoms with Crippen molar-refractivity contribution in [2.45, 2.75) is 0 Å². The minimum absolute atomic E-state index is 0.178. The number of hydrazone groups is 1. The summed E-state index contributed by atoms with van der Waals surface area (Å²) < 4.78 is 11.4. The molecule has 6 nitrogen and oxygen atoms in total. The molecule has 31 heavy (non-hydrogen) atoms. The maximum absolute atomic E-state index is 12.2. The fourth-order valence-electron chi connectivity index (χ4n) is 3.22. The average molecular weight is 411 g/mol. The number of pyridine rings is 1. The Morgan fingerprint density at radius 2 is 1.81 bits per heavy atom. The SMILES string of the molecule is C=CCOc1ccc2ccccc2c1/C=N/NC(=O)COc1cccc2cccnc12. The van der Waals surface area contributed by atoms with Crippen LogP contribution in [0, 0.1) is 0 Å². The van der Waals surface area contributed by atoms with Gasteiger partial charge in [-0.15, -0.1) is 0 Å². The van der Waals surface area contributed by atoms with E-state index in [0.717, 1.165) is 21.7 Å². The fraction of sp³-hybridized carbons (Fsp3) is 0.0800. The average Bonchev–Trinajstić information content (AvgIpc) is 2.82. The Balaban J connectivity index is 1.46. The van der Waals surface area contributed by atoms with E-state index < -0.39 is 0 Å². The molecule has 1 amide bonds. The van der Waals surface area contributed by atoms with Gasteiger partial charge in [-0.2, -0.15) is 5.10 Å². The van der Waals surface area contributed by atoms with E-state index in [1.54, 1.807) is 24.6 Å². The highest BCUT2D eigenvalue weighted by Crippen LogP contribution is 2.27. The number of hydrogen-bond donors (Lipinski definition) is 1. The van der Waals surface area contributed by atoms with Crippen molar-refractivity contribution < 1.29 is 14.3 Å². The molecular weight excluding hydrogens is 390 g/mol. The summed E-state index contributed by atoms with van der Waals surface area (Å²) in [6, 6.07) is 21.1. The van der Waals surface area contributed by atoms with E-state index >= 15 is 0 Å². The Kier molecular flexibility index (Phi) is 6.18. The van der Waals surface area contributed by atoms with Crippen LogP contribution in [-0.4, -0.2) is 30.3 Å². The Bertz CT molecular complexity index is 1260. The van der Waals surface area contributed by atoms with Gasteiger partial charge in [0.25, 0.3) is 5.91 Å². The van der Waals surface area contributed by atoms with Gasteiger partial charge in [-0.3, -0.25) is 9.78 Å². The third kappa shape index (κ3) is 4.70. The number of fused-ring (bicyclic) bond motifs is 2. The van der Waals surface area contributed by atoms with Crippen LogP contribution >= 0.6 is 0 Å². The Morgan fingerprint density at radius 1 is 0.968 bits per heavy atom. The summed E-state index contributed by atoms with van der Waals surface area (Å²) in [5.74, 6) is 0.832. The number of para-hydroxylation sites is 1. The number of benzene rings is 3. The minimum Gasteiger partial charge on any atom is -0.489 e. The van der Waals surface area contributed by atoms with E-state index in [-0.39, 0.29) is 12.5 Å². The van der Waals surface area contributed by atoms with E-state index in [1.807, 2.05) is 60.7 Å². The van der Waals surface area contributed by atoms with E-state index in [4.69, 9.17) is 9.47 Å². The number of carbonyl (C=O) groups is 1. The minimum atomic E-state index is -0.377. The van der Waals surface area contributed by atoms with Crippen molar-refractivity contribution in [3.8, 4) is 11.5 Å². The first-order valence-electron chi connectivity index (χ1n) is 9.80. The smallest absolute Gasteiger partial charge is 0.277 e. The molecule has 0 aliphatic rings. The zero-order valence-corrected chi connectivity index (χ0v) is 16.8. The normalized spacial score (nSPS) is 11.0. The predicted molar refractivity (Wildman–Crippen MR) is 123 cm³/mol. The molecule has 3 aromatic carbocycles. The van der Waals surface area contributed by atoms with Gasteiger partial charge in [0.05, 0.1) is 6.21 Å².